The SMILES string of the molecule is C[N+](C)(C)CC1CSCO1.[I-]. The number of quaternary nitrogens is 1. The monoisotopic (exact) mass is 289 g/mol. The van der Waals surface area contributed by atoms with Gasteiger partial charge in [-0.3, -0.25) is 0 Å². The topological polar surface area (TPSA) is 9.23 Å². The maximum absolute atomic E-state index is 5.48. The van der Waals surface area contributed by atoms with Crippen LogP contribution in [-0.2, 0) is 4.74 Å². The second kappa shape index (κ2) is 4.89. The van der Waals surface area contributed by atoms with Crippen LogP contribution in [-0.4, -0.2) is 50.0 Å². The van der Waals surface area contributed by atoms with Crippen molar-refractivity contribution in [2.24, 2.45) is 0 Å². The average molecular weight is 289 g/mol. The van der Waals surface area contributed by atoms with E-state index in [1.54, 1.807) is 0 Å². The van der Waals surface area contributed by atoms with E-state index in [0.29, 0.717) is 6.10 Å². The highest BCUT2D eigenvalue weighted by Crippen LogP contribution is 2.17. The van der Waals surface area contributed by atoms with Crippen LogP contribution in [0.15, 0.2) is 0 Å². The Hall–Kier alpha value is 1.00. The van der Waals surface area contributed by atoms with Gasteiger partial charge in [0, 0.05) is 5.75 Å². The predicted octanol–water partition coefficient (Wildman–Crippen LogP) is -2.21. The molecule has 2 nitrogen and oxygen atoms in total. The molecule has 68 valence electrons. The minimum atomic E-state index is 0. The van der Waals surface area contributed by atoms with E-state index < -0.39 is 0 Å². The predicted molar refractivity (Wildman–Crippen MR) is 45.1 cm³/mol. The van der Waals surface area contributed by atoms with Crippen LogP contribution >= 0.6 is 11.8 Å². The van der Waals surface area contributed by atoms with Crippen molar-refractivity contribution in [3.63, 3.8) is 0 Å². The average Bonchev–Trinajstić information content (AvgIpc) is 2.12. The summed E-state index contributed by atoms with van der Waals surface area (Å²) in [7, 11) is 6.60. The van der Waals surface area contributed by atoms with Crippen molar-refractivity contribution < 1.29 is 33.2 Å². The van der Waals surface area contributed by atoms with Crippen LogP contribution in [0.5, 0.6) is 0 Å². The van der Waals surface area contributed by atoms with Crippen molar-refractivity contribution in [1.82, 2.24) is 0 Å². The molecule has 1 unspecified atom stereocenters. The number of thioether (sulfide) groups is 1. The van der Waals surface area contributed by atoms with Crippen LogP contribution < -0.4 is 24.0 Å². The minimum absolute atomic E-state index is 0. The van der Waals surface area contributed by atoms with E-state index in [-0.39, 0.29) is 24.0 Å². The Kier molecular flexibility index (Phi) is 5.33. The number of hydrogen-bond acceptors (Lipinski definition) is 2. The molecular weight excluding hydrogens is 273 g/mol. The fourth-order valence-corrected chi connectivity index (χ4v) is 1.94. The molecule has 11 heavy (non-hydrogen) atoms. The highest BCUT2D eigenvalue weighted by atomic mass is 127. The number of hydrogen-bond donors (Lipinski definition) is 0. The lowest BCUT2D eigenvalue weighted by Crippen LogP contribution is -3.00. The maximum Gasteiger partial charge on any atom is 0.117 e. The van der Waals surface area contributed by atoms with Gasteiger partial charge in [0.05, 0.1) is 27.1 Å². The van der Waals surface area contributed by atoms with Crippen molar-refractivity contribution >= 4 is 11.8 Å². The van der Waals surface area contributed by atoms with Gasteiger partial charge < -0.3 is 33.2 Å². The summed E-state index contributed by atoms with van der Waals surface area (Å²) in [6.07, 6.45) is 0.491. The minimum Gasteiger partial charge on any atom is -1.00 e. The summed E-state index contributed by atoms with van der Waals surface area (Å²) in [5.41, 5.74) is 0. The zero-order valence-electron chi connectivity index (χ0n) is 7.34. The molecule has 0 aromatic heterocycles. The van der Waals surface area contributed by atoms with E-state index in [1.807, 2.05) is 11.8 Å². The second-order valence-corrected chi connectivity index (χ2v) is 4.73. The van der Waals surface area contributed by atoms with Gasteiger partial charge in [0.2, 0.25) is 0 Å². The first-order chi connectivity index (χ1) is 4.58. The lowest BCUT2D eigenvalue weighted by molar-refractivity contribution is -0.873. The van der Waals surface area contributed by atoms with Gasteiger partial charge in [0.1, 0.15) is 12.6 Å². The van der Waals surface area contributed by atoms with Gasteiger partial charge in [-0.15, -0.1) is 11.8 Å². The van der Waals surface area contributed by atoms with Crippen LogP contribution in [0.4, 0.5) is 0 Å². The van der Waals surface area contributed by atoms with Crippen LogP contribution in [0.2, 0.25) is 0 Å². The number of ether oxygens (including phenoxy) is 1. The van der Waals surface area contributed by atoms with Crippen LogP contribution in [0, 0.1) is 0 Å². The zero-order valence-corrected chi connectivity index (χ0v) is 10.3. The van der Waals surface area contributed by atoms with Crippen molar-refractivity contribution in [1.29, 1.82) is 0 Å². The van der Waals surface area contributed by atoms with Crippen LogP contribution in [0.25, 0.3) is 0 Å². The third-order valence-electron chi connectivity index (χ3n) is 1.44. The smallest absolute Gasteiger partial charge is 0.117 e. The van der Waals surface area contributed by atoms with Crippen molar-refractivity contribution in [3.8, 4) is 0 Å². The van der Waals surface area contributed by atoms with Gasteiger partial charge >= 0.3 is 0 Å². The summed E-state index contributed by atoms with van der Waals surface area (Å²) in [5, 5.41) is 0. The first-order valence-electron chi connectivity index (χ1n) is 3.58. The highest BCUT2D eigenvalue weighted by Gasteiger charge is 2.22. The molecule has 1 aliphatic rings. The lowest BCUT2D eigenvalue weighted by Gasteiger charge is -2.26. The Balaban J connectivity index is 0.000001000. The third kappa shape index (κ3) is 5.27. The molecule has 1 saturated heterocycles. The molecular formula is C7H16INOS. The van der Waals surface area contributed by atoms with Gasteiger partial charge in [0.25, 0.3) is 0 Å². The fourth-order valence-electron chi connectivity index (χ4n) is 1.09. The van der Waals surface area contributed by atoms with Gasteiger partial charge in [-0.25, -0.2) is 0 Å². The Morgan fingerprint density at radius 2 is 2.09 bits per heavy atom. The molecule has 1 aliphatic heterocycles. The van der Waals surface area contributed by atoms with E-state index >= 15 is 0 Å². The summed E-state index contributed by atoms with van der Waals surface area (Å²) in [4.78, 5) is 0. The Bertz CT molecular complexity index is 109. The van der Waals surface area contributed by atoms with Crippen molar-refractivity contribution in [2.75, 3.05) is 39.4 Å². The number of halogens is 1. The Morgan fingerprint density at radius 1 is 1.45 bits per heavy atom. The molecule has 1 heterocycles. The van der Waals surface area contributed by atoms with Crippen molar-refractivity contribution in [2.45, 2.75) is 6.10 Å². The van der Waals surface area contributed by atoms with Gasteiger partial charge in [-0.2, -0.15) is 0 Å². The largest absolute Gasteiger partial charge is 1.00 e. The molecule has 0 aliphatic carbocycles. The normalized spacial score (nSPS) is 24.8. The van der Waals surface area contributed by atoms with Gasteiger partial charge in [0.15, 0.2) is 0 Å². The molecule has 1 rings (SSSR count). The lowest BCUT2D eigenvalue weighted by atomic mass is 10.3. The van der Waals surface area contributed by atoms with E-state index in [1.165, 1.54) is 5.75 Å². The molecule has 1 fully saturated rings. The number of nitrogens with zero attached hydrogens (tertiary/aromatic N) is 1. The molecule has 0 saturated carbocycles. The van der Waals surface area contributed by atoms with E-state index in [0.717, 1.165) is 17.0 Å². The zero-order chi connectivity index (χ0) is 7.61. The molecule has 0 N–H and O–H groups in total. The Labute approximate surface area is 90.3 Å². The molecule has 0 radical (unpaired) electrons. The maximum atomic E-state index is 5.48. The first-order valence-corrected chi connectivity index (χ1v) is 4.73. The summed E-state index contributed by atoms with van der Waals surface area (Å²) < 4.78 is 6.48. The van der Waals surface area contributed by atoms with E-state index in [2.05, 4.69) is 21.1 Å². The van der Waals surface area contributed by atoms with Crippen LogP contribution in [0.3, 0.4) is 0 Å². The summed E-state index contributed by atoms with van der Waals surface area (Å²) in [6.45, 7) is 1.13. The van der Waals surface area contributed by atoms with E-state index in [4.69, 9.17) is 4.74 Å². The molecule has 1 atom stereocenters. The number of rotatable bonds is 2. The molecule has 0 aromatic carbocycles. The van der Waals surface area contributed by atoms with Crippen LogP contribution in [0.1, 0.15) is 0 Å². The van der Waals surface area contributed by atoms with Gasteiger partial charge in [-0.05, 0) is 0 Å². The van der Waals surface area contributed by atoms with E-state index in [9.17, 15) is 0 Å². The molecule has 0 aromatic rings. The fraction of sp³-hybridized carbons (Fsp3) is 1.00. The second-order valence-electron chi connectivity index (χ2n) is 3.75. The molecule has 0 bridgehead atoms. The van der Waals surface area contributed by atoms with Gasteiger partial charge in [-0.1, -0.05) is 0 Å². The molecule has 0 spiro atoms. The summed E-state index contributed by atoms with van der Waals surface area (Å²) in [5.74, 6) is 2.07. The summed E-state index contributed by atoms with van der Waals surface area (Å²) >= 11 is 1.89. The van der Waals surface area contributed by atoms with Crippen molar-refractivity contribution in [3.05, 3.63) is 0 Å². The molecule has 0 amide bonds. The summed E-state index contributed by atoms with van der Waals surface area (Å²) in [6, 6.07) is 0. The quantitative estimate of drug-likeness (QED) is 0.421. The first kappa shape index (κ1) is 12.0. The Morgan fingerprint density at radius 3 is 2.45 bits per heavy atom. The highest BCUT2D eigenvalue weighted by molar-refractivity contribution is 7.99. The third-order valence-corrected chi connectivity index (χ3v) is 2.35. The standard InChI is InChI=1S/C7H16NOS.HI/c1-8(2,3)4-7-5-10-6-9-7;/h7H,4-6H2,1-3H3;1H/q+1;/p-1. The number of likely N-dealkylation sites (N-methyl/N-ethyl adjacent to an activating group) is 1. The molecule has 4 heteroatoms.